The molecular formula is C10H12N4O6. The van der Waals surface area contributed by atoms with Gasteiger partial charge in [-0.05, 0) is 0 Å². The van der Waals surface area contributed by atoms with E-state index in [0.717, 1.165) is 0 Å². The molecule has 0 spiro atoms. The predicted molar refractivity (Wildman–Crippen MR) is 64.0 cm³/mol. The molecule has 3 heterocycles. The van der Waals surface area contributed by atoms with E-state index in [2.05, 4.69) is 9.97 Å². The molecule has 2 aromatic rings. The lowest BCUT2D eigenvalue weighted by molar-refractivity contribution is -0.0511. The van der Waals surface area contributed by atoms with Gasteiger partial charge in [0.1, 0.15) is 24.0 Å². The molecule has 2 aromatic heterocycles. The smallest absolute Gasteiger partial charge is 0.327 e. The molecule has 0 aromatic carbocycles. The maximum Gasteiger partial charge on any atom is 0.327 e. The fraction of sp³-hybridized carbons (Fsp3) is 0.500. The normalized spacial score (nSPS) is 30.1. The second-order valence-corrected chi connectivity index (χ2v) is 4.49. The van der Waals surface area contributed by atoms with Gasteiger partial charge >= 0.3 is 5.69 Å². The first-order valence-corrected chi connectivity index (χ1v) is 5.84. The third-order valence-electron chi connectivity index (χ3n) is 3.26. The van der Waals surface area contributed by atoms with Crippen LogP contribution >= 0.6 is 0 Å². The highest BCUT2D eigenvalue weighted by atomic mass is 16.6. The first-order valence-electron chi connectivity index (χ1n) is 5.84. The van der Waals surface area contributed by atoms with Crippen LogP contribution in [0.2, 0.25) is 0 Å². The van der Waals surface area contributed by atoms with Crippen molar-refractivity contribution in [3.05, 3.63) is 27.2 Å². The summed E-state index contributed by atoms with van der Waals surface area (Å²) in [5, 5.41) is 28.7. The van der Waals surface area contributed by atoms with Gasteiger partial charge in [-0.25, -0.2) is 9.78 Å². The number of nitrogens with one attached hydrogen (secondary N) is 2. The lowest BCUT2D eigenvalue weighted by atomic mass is 10.1. The molecule has 0 unspecified atom stereocenters. The molecule has 20 heavy (non-hydrogen) atoms. The number of aliphatic hydroxyl groups excluding tert-OH is 3. The summed E-state index contributed by atoms with van der Waals surface area (Å²) in [5.41, 5.74) is -1.36. The molecular weight excluding hydrogens is 272 g/mol. The van der Waals surface area contributed by atoms with Gasteiger partial charge in [-0.1, -0.05) is 0 Å². The van der Waals surface area contributed by atoms with E-state index in [1.807, 2.05) is 4.98 Å². The zero-order valence-electron chi connectivity index (χ0n) is 10.1. The van der Waals surface area contributed by atoms with Gasteiger partial charge in [0, 0.05) is 0 Å². The average molecular weight is 284 g/mol. The lowest BCUT2D eigenvalue weighted by Gasteiger charge is -2.16. The van der Waals surface area contributed by atoms with E-state index >= 15 is 0 Å². The number of imidazole rings is 1. The van der Waals surface area contributed by atoms with E-state index in [9.17, 15) is 19.8 Å². The standard InChI is InChI=1S/C10H12N4O6/c15-1-3-5(16)6(17)9(20-3)14-2-11-4-7(14)12-10(19)13-8(4)18/h2-3,5-6,9,15-17H,1H2,(H2,12,13,18,19)/t3-,5-,6-,9+/m1/s1. The van der Waals surface area contributed by atoms with Crippen LogP contribution in [0.3, 0.4) is 0 Å². The van der Waals surface area contributed by atoms with Crippen LogP contribution in [0, 0.1) is 0 Å². The van der Waals surface area contributed by atoms with Crippen LogP contribution in [-0.4, -0.2) is 59.8 Å². The first kappa shape index (κ1) is 13.0. The number of rotatable bonds is 2. The molecule has 10 nitrogen and oxygen atoms in total. The Bertz CT molecular complexity index is 748. The van der Waals surface area contributed by atoms with E-state index in [-0.39, 0.29) is 11.2 Å². The Hall–Kier alpha value is -2.01. The molecule has 0 aliphatic carbocycles. The summed E-state index contributed by atoms with van der Waals surface area (Å²) in [5.74, 6) is 0. The van der Waals surface area contributed by atoms with Crippen LogP contribution in [0.5, 0.6) is 0 Å². The van der Waals surface area contributed by atoms with Gasteiger partial charge in [-0.2, -0.15) is 0 Å². The zero-order chi connectivity index (χ0) is 14.4. The highest BCUT2D eigenvalue weighted by molar-refractivity contribution is 5.68. The Morgan fingerprint density at radius 1 is 1.30 bits per heavy atom. The van der Waals surface area contributed by atoms with Gasteiger partial charge in [-0.3, -0.25) is 19.3 Å². The molecule has 0 radical (unpaired) electrons. The number of fused-ring (bicyclic) bond motifs is 1. The first-order chi connectivity index (χ1) is 9.52. The minimum atomic E-state index is -1.33. The van der Waals surface area contributed by atoms with Crippen LogP contribution in [0.4, 0.5) is 0 Å². The largest absolute Gasteiger partial charge is 0.394 e. The van der Waals surface area contributed by atoms with E-state index in [4.69, 9.17) is 9.84 Å². The minimum absolute atomic E-state index is 0.0256. The topological polar surface area (TPSA) is 153 Å². The van der Waals surface area contributed by atoms with E-state index in [1.165, 1.54) is 10.9 Å². The van der Waals surface area contributed by atoms with Crippen molar-refractivity contribution >= 4 is 11.2 Å². The fourth-order valence-corrected chi connectivity index (χ4v) is 2.25. The van der Waals surface area contributed by atoms with Crippen molar-refractivity contribution in [3.8, 4) is 0 Å². The third kappa shape index (κ3) is 1.78. The van der Waals surface area contributed by atoms with Crippen molar-refractivity contribution < 1.29 is 20.1 Å². The number of aromatic amines is 2. The van der Waals surface area contributed by atoms with Crippen LogP contribution in [0.1, 0.15) is 6.23 Å². The Morgan fingerprint density at radius 3 is 2.70 bits per heavy atom. The van der Waals surface area contributed by atoms with Crippen LogP contribution < -0.4 is 11.2 Å². The Morgan fingerprint density at radius 2 is 2.05 bits per heavy atom. The molecule has 5 N–H and O–H groups in total. The van der Waals surface area contributed by atoms with Crippen LogP contribution in [0.25, 0.3) is 11.2 Å². The number of aliphatic hydroxyl groups is 3. The van der Waals surface area contributed by atoms with Crippen molar-refractivity contribution in [2.75, 3.05) is 6.61 Å². The summed E-state index contributed by atoms with van der Waals surface area (Å²) in [6.07, 6.45) is -3.43. The number of nitrogens with zero attached hydrogens (tertiary/aromatic N) is 2. The molecule has 108 valence electrons. The van der Waals surface area contributed by atoms with Crippen LogP contribution in [0.15, 0.2) is 15.9 Å². The number of hydrogen-bond donors (Lipinski definition) is 5. The van der Waals surface area contributed by atoms with Crippen molar-refractivity contribution in [1.82, 2.24) is 19.5 Å². The highest BCUT2D eigenvalue weighted by Crippen LogP contribution is 2.30. The highest BCUT2D eigenvalue weighted by Gasteiger charge is 2.43. The molecule has 1 fully saturated rings. The quantitative estimate of drug-likeness (QED) is 0.394. The Balaban J connectivity index is 2.12. The summed E-state index contributed by atoms with van der Waals surface area (Å²) < 4.78 is 6.54. The molecule has 0 saturated carbocycles. The number of hydrogen-bond acceptors (Lipinski definition) is 7. The minimum Gasteiger partial charge on any atom is -0.394 e. The maximum absolute atomic E-state index is 11.6. The molecule has 1 saturated heterocycles. The summed E-state index contributed by atoms with van der Waals surface area (Å²) in [6, 6.07) is 0. The van der Waals surface area contributed by atoms with Crippen molar-refractivity contribution in [2.45, 2.75) is 24.5 Å². The maximum atomic E-state index is 11.6. The van der Waals surface area contributed by atoms with E-state index < -0.39 is 42.4 Å². The third-order valence-corrected chi connectivity index (χ3v) is 3.26. The summed E-state index contributed by atoms with van der Waals surface area (Å²) >= 11 is 0. The lowest BCUT2D eigenvalue weighted by Crippen LogP contribution is -2.33. The summed E-state index contributed by atoms with van der Waals surface area (Å²) in [4.78, 5) is 31.1. The molecule has 4 atom stereocenters. The van der Waals surface area contributed by atoms with Gasteiger partial charge in [0.15, 0.2) is 11.7 Å². The van der Waals surface area contributed by atoms with E-state index in [0.29, 0.717) is 0 Å². The van der Waals surface area contributed by atoms with Crippen molar-refractivity contribution in [3.63, 3.8) is 0 Å². The van der Waals surface area contributed by atoms with Gasteiger partial charge in [0.25, 0.3) is 5.56 Å². The van der Waals surface area contributed by atoms with Gasteiger partial charge in [0.2, 0.25) is 0 Å². The second-order valence-electron chi connectivity index (χ2n) is 4.49. The Labute approximate surface area is 110 Å². The average Bonchev–Trinajstić information content (AvgIpc) is 2.93. The summed E-state index contributed by atoms with van der Waals surface area (Å²) in [7, 11) is 0. The second kappa shape index (κ2) is 4.52. The monoisotopic (exact) mass is 284 g/mol. The van der Waals surface area contributed by atoms with E-state index in [1.54, 1.807) is 0 Å². The van der Waals surface area contributed by atoms with Crippen molar-refractivity contribution in [1.29, 1.82) is 0 Å². The molecule has 1 aliphatic heterocycles. The number of H-pyrrole nitrogens is 2. The molecule has 10 heteroatoms. The molecule has 0 bridgehead atoms. The SMILES string of the molecule is O=c1[nH]c(=O)c2ncn([C@H]3O[C@H](CO)[C@@H](O)[C@H]3O)c2[nH]1. The van der Waals surface area contributed by atoms with Crippen molar-refractivity contribution in [2.24, 2.45) is 0 Å². The summed E-state index contributed by atoms with van der Waals surface area (Å²) in [6.45, 7) is -0.474. The number of ether oxygens (including phenoxy) is 1. The molecule has 1 aliphatic rings. The van der Waals surface area contributed by atoms with Gasteiger partial charge in [-0.15, -0.1) is 0 Å². The number of aromatic nitrogens is 4. The molecule has 3 rings (SSSR count). The Kier molecular flexibility index (Phi) is 2.94. The zero-order valence-corrected chi connectivity index (χ0v) is 10.1. The predicted octanol–water partition coefficient (Wildman–Crippen LogP) is -2.98. The fourth-order valence-electron chi connectivity index (χ4n) is 2.25. The molecule has 0 amide bonds. The van der Waals surface area contributed by atoms with Gasteiger partial charge < -0.3 is 20.1 Å². The van der Waals surface area contributed by atoms with Crippen LogP contribution in [-0.2, 0) is 4.74 Å². The van der Waals surface area contributed by atoms with Gasteiger partial charge in [0.05, 0.1) is 12.9 Å².